The summed E-state index contributed by atoms with van der Waals surface area (Å²) in [6.07, 6.45) is 5.95. The van der Waals surface area contributed by atoms with Crippen molar-refractivity contribution in [3.8, 4) is 0 Å². The Hall–Kier alpha value is -3.46. The van der Waals surface area contributed by atoms with Crippen LogP contribution in [0.25, 0.3) is 0 Å². The quantitative estimate of drug-likeness (QED) is 0.528. The number of nitrogens with zero attached hydrogens (tertiary/aromatic N) is 3. The third-order valence-electron chi connectivity index (χ3n) is 7.09. The van der Waals surface area contributed by atoms with Crippen LogP contribution in [0.3, 0.4) is 0 Å². The molecular weight excluding hydrogens is 498 g/mol. The van der Waals surface area contributed by atoms with Gasteiger partial charge in [0, 0.05) is 17.3 Å². The Morgan fingerprint density at radius 2 is 1.89 bits per heavy atom. The molecule has 198 valence electrons. The molecular formula is C29H33N5O3S. The maximum Gasteiger partial charge on any atom is 0.259 e. The lowest BCUT2D eigenvalue weighted by Crippen LogP contribution is -2.44. The number of aliphatic imine (C=N–C) groups is 2. The number of anilines is 1. The van der Waals surface area contributed by atoms with E-state index in [1.807, 2.05) is 62.4 Å². The largest absolute Gasteiger partial charge is 0.353 e. The summed E-state index contributed by atoms with van der Waals surface area (Å²) in [6, 6.07) is 14.5. The molecule has 1 fully saturated rings. The predicted molar refractivity (Wildman–Crippen MR) is 152 cm³/mol. The van der Waals surface area contributed by atoms with Gasteiger partial charge in [0.15, 0.2) is 5.17 Å². The molecule has 0 unspecified atom stereocenters. The van der Waals surface area contributed by atoms with E-state index in [4.69, 9.17) is 9.98 Å². The van der Waals surface area contributed by atoms with Gasteiger partial charge in [-0.3, -0.25) is 19.4 Å². The number of nitrogens with one attached hydrogen (secondary N) is 2. The van der Waals surface area contributed by atoms with E-state index in [-0.39, 0.29) is 30.2 Å². The molecule has 2 N–H and O–H groups in total. The van der Waals surface area contributed by atoms with Crippen LogP contribution in [0.4, 0.5) is 11.4 Å². The Bertz CT molecular complexity index is 1300. The number of carbonyl (C=O) groups is 3. The lowest BCUT2D eigenvalue weighted by Gasteiger charge is -2.27. The van der Waals surface area contributed by atoms with E-state index in [9.17, 15) is 14.4 Å². The maximum atomic E-state index is 13.6. The molecule has 2 aromatic carbocycles. The van der Waals surface area contributed by atoms with Crippen LogP contribution in [-0.2, 0) is 14.4 Å². The average molecular weight is 532 g/mol. The number of amides is 3. The van der Waals surface area contributed by atoms with Gasteiger partial charge in [0.05, 0.1) is 17.4 Å². The Balaban J connectivity index is 1.35. The molecule has 38 heavy (non-hydrogen) atoms. The topological polar surface area (TPSA) is 103 Å². The fourth-order valence-corrected chi connectivity index (χ4v) is 6.14. The van der Waals surface area contributed by atoms with Crippen molar-refractivity contribution in [3.05, 3.63) is 59.7 Å². The van der Waals surface area contributed by atoms with E-state index in [2.05, 4.69) is 10.6 Å². The number of amidine groups is 2. The predicted octanol–water partition coefficient (Wildman–Crippen LogP) is 4.94. The number of carbonyl (C=O) groups excluding carboxylic acids is 3. The van der Waals surface area contributed by atoms with Crippen LogP contribution in [0, 0.1) is 6.92 Å². The third-order valence-corrected chi connectivity index (χ3v) is 8.41. The van der Waals surface area contributed by atoms with E-state index in [1.54, 1.807) is 0 Å². The molecule has 9 heteroatoms. The van der Waals surface area contributed by atoms with Gasteiger partial charge < -0.3 is 10.6 Å². The zero-order chi connectivity index (χ0) is 26.6. The highest BCUT2D eigenvalue weighted by Gasteiger charge is 2.43. The lowest BCUT2D eigenvalue weighted by molar-refractivity contribution is -0.129. The highest BCUT2D eigenvalue weighted by atomic mass is 32.2. The monoisotopic (exact) mass is 531 g/mol. The Labute approximate surface area is 227 Å². The van der Waals surface area contributed by atoms with Crippen LogP contribution < -0.4 is 10.6 Å². The van der Waals surface area contributed by atoms with Gasteiger partial charge in [-0.1, -0.05) is 62.2 Å². The van der Waals surface area contributed by atoms with E-state index < -0.39 is 11.3 Å². The lowest BCUT2D eigenvalue weighted by atomic mass is 9.95. The van der Waals surface area contributed by atoms with Gasteiger partial charge in [-0.05, 0) is 56.0 Å². The summed E-state index contributed by atoms with van der Waals surface area (Å²) in [5, 5.41) is 6.02. The number of aryl methyl sites for hydroxylation is 1. The number of hydrogen-bond donors (Lipinski definition) is 2. The second-order valence-electron chi connectivity index (χ2n) is 10.0. The molecule has 1 aliphatic carbocycles. The molecule has 3 amide bonds. The second-order valence-corrected chi connectivity index (χ2v) is 11.2. The summed E-state index contributed by atoms with van der Waals surface area (Å²) in [6.45, 7) is 3.91. The van der Waals surface area contributed by atoms with Gasteiger partial charge in [-0.2, -0.15) is 0 Å². The molecule has 2 aromatic rings. The molecule has 0 aromatic heterocycles. The van der Waals surface area contributed by atoms with E-state index in [0.29, 0.717) is 23.1 Å². The summed E-state index contributed by atoms with van der Waals surface area (Å²) in [5.74, 6) is -0.0953. The number of para-hydroxylation sites is 1. The fraction of sp³-hybridized carbons (Fsp3) is 0.414. The van der Waals surface area contributed by atoms with Crippen LogP contribution in [0.5, 0.6) is 0 Å². The number of thioether (sulfide) groups is 1. The van der Waals surface area contributed by atoms with Crippen LogP contribution in [0.15, 0.2) is 58.5 Å². The minimum absolute atomic E-state index is 0.000494. The highest BCUT2D eigenvalue weighted by Crippen LogP contribution is 2.36. The molecule has 0 bridgehead atoms. The molecule has 1 saturated carbocycles. The van der Waals surface area contributed by atoms with E-state index in [0.717, 1.165) is 42.5 Å². The van der Waals surface area contributed by atoms with Crippen molar-refractivity contribution in [1.82, 2.24) is 10.2 Å². The number of benzene rings is 2. The molecule has 5 rings (SSSR count). The second kappa shape index (κ2) is 11.5. The molecule has 2 atom stereocenters. The van der Waals surface area contributed by atoms with Crippen molar-refractivity contribution < 1.29 is 14.4 Å². The van der Waals surface area contributed by atoms with Gasteiger partial charge in [-0.15, -0.1) is 0 Å². The SMILES string of the molecule is CC[C@H](SC1=Nc2ccccc2C2=N[C@H](CC(=O)NC3CCCCC3)C(=O)N12)C(=O)Nc1cccc(C)c1. The minimum atomic E-state index is -0.813. The zero-order valence-corrected chi connectivity index (χ0v) is 22.6. The van der Waals surface area contributed by atoms with Gasteiger partial charge in [-0.25, -0.2) is 9.89 Å². The molecule has 3 aliphatic rings. The first-order valence-electron chi connectivity index (χ1n) is 13.4. The van der Waals surface area contributed by atoms with Crippen LogP contribution in [0.2, 0.25) is 0 Å². The number of rotatable bonds is 7. The Morgan fingerprint density at radius 3 is 2.66 bits per heavy atom. The van der Waals surface area contributed by atoms with Crippen molar-refractivity contribution in [3.63, 3.8) is 0 Å². The molecule has 2 heterocycles. The van der Waals surface area contributed by atoms with Crippen molar-refractivity contribution in [2.24, 2.45) is 9.98 Å². The molecule has 0 saturated heterocycles. The Morgan fingerprint density at radius 1 is 1.11 bits per heavy atom. The van der Waals surface area contributed by atoms with E-state index in [1.165, 1.54) is 23.1 Å². The zero-order valence-electron chi connectivity index (χ0n) is 21.8. The molecule has 0 radical (unpaired) electrons. The highest BCUT2D eigenvalue weighted by molar-refractivity contribution is 8.15. The van der Waals surface area contributed by atoms with Crippen molar-refractivity contribution >= 4 is 51.9 Å². The van der Waals surface area contributed by atoms with Crippen molar-refractivity contribution in [2.75, 3.05) is 5.32 Å². The van der Waals surface area contributed by atoms with E-state index >= 15 is 0 Å². The van der Waals surface area contributed by atoms with Gasteiger partial charge in [0.1, 0.15) is 11.9 Å². The normalized spacial score (nSPS) is 19.7. The fourth-order valence-electron chi connectivity index (χ4n) is 5.12. The summed E-state index contributed by atoms with van der Waals surface area (Å²) in [4.78, 5) is 50.5. The molecule has 8 nitrogen and oxygen atoms in total. The standard InChI is InChI=1S/C29H33N5O3S/c1-3-24(27(36)31-20-13-9-10-18(2)16-20)38-29-33-22-15-8-7-14-21(22)26-32-23(28(37)34(26)29)17-25(35)30-19-11-5-4-6-12-19/h7-10,13-16,19,23-24H,3-6,11-12,17H2,1-2H3,(H,30,35)(H,31,36)/t23-,24+/m1/s1. The van der Waals surface area contributed by atoms with Crippen LogP contribution in [0.1, 0.15) is 63.0 Å². The molecule has 2 aliphatic heterocycles. The number of fused-ring (bicyclic) bond motifs is 3. The summed E-state index contributed by atoms with van der Waals surface area (Å²) >= 11 is 1.25. The first-order valence-corrected chi connectivity index (χ1v) is 14.2. The summed E-state index contributed by atoms with van der Waals surface area (Å²) in [5.41, 5.74) is 3.23. The minimum Gasteiger partial charge on any atom is -0.353 e. The third kappa shape index (κ3) is 5.67. The van der Waals surface area contributed by atoms with Crippen LogP contribution in [-0.4, -0.2) is 51.0 Å². The van der Waals surface area contributed by atoms with Gasteiger partial charge in [0.2, 0.25) is 11.8 Å². The summed E-state index contributed by atoms with van der Waals surface area (Å²) < 4.78 is 0. The average Bonchev–Trinajstić information content (AvgIpc) is 3.23. The molecule has 0 spiro atoms. The van der Waals surface area contributed by atoms with Crippen LogP contribution >= 0.6 is 11.8 Å². The van der Waals surface area contributed by atoms with Crippen molar-refractivity contribution in [1.29, 1.82) is 0 Å². The Kier molecular flexibility index (Phi) is 7.93. The first kappa shape index (κ1) is 26.2. The smallest absolute Gasteiger partial charge is 0.259 e. The number of hydrogen-bond acceptors (Lipinski definition) is 6. The van der Waals surface area contributed by atoms with Gasteiger partial charge in [0.25, 0.3) is 5.91 Å². The van der Waals surface area contributed by atoms with Crippen molar-refractivity contribution in [2.45, 2.75) is 76.1 Å². The van der Waals surface area contributed by atoms with Gasteiger partial charge >= 0.3 is 0 Å². The summed E-state index contributed by atoms with van der Waals surface area (Å²) in [7, 11) is 0. The maximum absolute atomic E-state index is 13.6. The first-order chi connectivity index (χ1) is 18.4.